The van der Waals surface area contributed by atoms with Crippen molar-refractivity contribution >= 4 is 14.0 Å². The van der Waals surface area contributed by atoms with Crippen molar-refractivity contribution in [3.63, 3.8) is 0 Å². The first kappa shape index (κ1) is 17.5. The van der Waals surface area contributed by atoms with Crippen molar-refractivity contribution in [2.24, 2.45) is 0 Å². The van der Waals surface area contributed by atoms with Gasteiger partial charge < -0.3 is 26.6 Å². The Morgan fingerprint density at radius 1 is 1.27 bits per heavy atom. The predicted molar refractivity (Wildman–Crippen MR) is 62.1 cm³/mol. The Morgan fingerprint density at radius 3 is 2.07 bits per heavy atom. The van der Waals surface area contributed by atoms with Gasteiger partial charge in [0, 0.05) is 6.42 Å². The van der Waals surface area contributed by atoms with Crippen LogP contribution in [-0.4, -0.2) is 50.4 Å². The van der Waals surface area contributed by atoms with E-state index in [1.807, 2.05) is 0 Å². The molecule has 0 rings (SSSR count). The highest BCUT2D eigenvalue weighted by atomic mass is 79.9. The summed E-state index contributed by atoms with van der Waals surface area (Å²) in [6.45, 7) is 8.02. The first-order chi connectivity index (χ1) is 6.12. The average Bonchev–Trinajstić information content (AvgIpc) is 1.78. The molecule has 0 radical (unpaired) electrons. The first-order valence-electron chi connectivity index (χ1n) is 5.16. The second-order valence-corrected chi connectivity index (χ2v) is 11.3. The van der Waals surface area contributed by atoms with Gasteiger partial charge in [0.15, 0.2) is 0 Å². The molecule has 0 saturated carbocycles. The lowest BCUT2D eigenvalue weighted by molar-refractivity contribution is -0.880. The van der Waals surface area contributed by atoms with Crippen molar-refractivity contribution in [1.82, 2.24) is 0 Å². The second kappa shape index (κ2) is 6.65. The van der Waals surface area contributed by atoms with E-state index in [4.69, 9.17) is 5.11 Å². The van der Waals surface area contributed by atoms with E-state index in [1.54, 1.807) is 0 Å². The molecule has 0 heterocycles. The molecule has 0 aliphatic rings. The fourth-order valence-corrected chi connectivity index (χ4v) is 4.75. The highest BCUT2D eigenvalue weighted by molar-refractivity contribution is 6.75. The monoisotopic (exact) mass is 297 g/mol. The number of hydrogen-bond donors (Lipinski definition) is 1. The number of rotatable bonds is 6. The number of carboxylic acids is 1. The second-order valence-electron chi connectivity index (χ2n) is 5.88. The highest BCUT2D eigenvalue weighted by Crippen LogP contribution is 2.10. The van der Waals surface area contributed by atoms with Crippen LogP contribution in [0.15, 0.2) is 0 Å². The Morgan fingerprint density at radius 2 is 1.73 bits per heavy atom. The fraction of sp³-hybridized carbons (Fsp3) is 0.900. The van der Waals surface area contributed by atoms with Gasteiger partial charge in [0.05, 0.1) is 33.2 Å². The quantitative estimate of drug-likeness (QED) is 0.494. The van der Waals surface area contributed by atoms with E-state index < -0.39 is 14.0 Å². The zero-order valence-corrected chi connectivity index (χ0v) is 13.1. The van der Waals surface area contributed by atoms with E-state index in [0.29, 0.717) is 6.42 Å². The minimum Gasteiger partial charge on any atom is -1.00 e. The summed E-state index contributed by atoms with van der Waals surface area (Å²) < 4.78 is 0.961. The fourth-order valence-electron chi connectivity index (χ4n) is 2.02. The van der Waals surface area contributed by atoms with Crippen LogP contribution >= 0.6 is 0 Å². The third-order valence-corrected chi connectivity index (χ3v) is 3.86. The molecule has 92 valence electrons. The van der Waals surface area contributed by atoms with Crippen LogP contribution in [0.2, 0.25) is 19.6 Å². The lowest BCUT2D eigenvalue weighted by Gasteiger charge is -2.34. The molecular weight excluding hydrogens is 274 g/mol. The van der Waals surface area contributed by atoms with Gasteiger partial charge in [-0.1, -0.05) is 19.6 Å². The third kappa shape index (κ3) is 12.1. The van der Waals surface area contributed by atoms with Crippen LogP contribution in [0, 0.1) is 0 Å². The van der Waals surface area contributed by atoms with Gasteiger partial charge >= 0.3 is 5.97 Å². The molecule has 0 aromatic rings. The number of nitrogens with zero attached hydrogens (tertiary/aromatic N) is 1. The average molecular weight is 298 g/mol. The molecule has 0 atom stereocenters. The summed E-state index contributed by atoms with van der Waals surface area (Å²) in [7, 11) is 3.34. The van der Waals surface area contributed by atoms with Crippen molar-refractivity contribution < 1.29 is 31.4 Å². The number of carbonyl (C=O) groups is 1. The molecule has 15 heavy (non-hydrogen) atoms. The topological polar surface area (TPSA) is 37.3 Å². The van der Waals surface area contributed by atoms with Crippen LogP contribution in [0.25, 0.3) is 0 Å². The van der Waals surface area contributed by atoms with Crippen LogP contribution in [0.4, 0.5) is 0 Å². The van der Waals surface area contributed by atoms with Gasteiger partial charge in [-0.2, -0.15) is 0 Å². The Labute approximate surface area is 105 Å². The number of halogens is 1. The summed E-state index contributed by atoms with van der Waals surface area (Å²) in [6, 6.07) is 0. The predicted octanol–water partition coefficient (Wildman–Crippen LogP) is -1.19. The van der Waals surface area contributed by atoms with Gasteiger partial charge in [0.25, 0.3) is 0 Å². The summed E-state index contributed by atoms with van der Waals surface area (Å²) in [4.78, 5) is 10.4. The van der Waals surface area contributed by atoms with Gasteiger partial charge in [-0.15, -0.1) is 0 Å². The standard InChI is InChI=1S/C10H23NO2Si.BrH/c1-11(2,9-14(3,4)5)8-6-7-10(12)13;/h6-9H2,1-5H3;1H. The number of carboxylic acid groups (broad SMARTS) is 1. The van der Waals surface area contributed by atoms with E-state index in [1.165, 1.54) is 6.17 Å². The molecule has 0 aromatic carbocycles. The lowest BCUT2D eigenvalue weighted by atomic mass is 10.3. The Balaban J connectivity index is 0. The maximum Gasteiger partial charge on any atom is 0.303 e. The van der Waals surface area contributed by atoms with Crippen molar-refractivity contribution in [3.8, 4) is 0 Å². The summed E-state index contributed by atoms with van der Waals surface area (Å²) in [5.41, 5.74) is 0. The molecule has 0 aromatic heterocycles. The molecule has 3 nitrogen and oxygen atoms in total. The van der Waals surface area contributed by atoms with Crippen LogP contribution in [0.1, 0.15) is 12.8 Å². The van der Waals surface area contributed by atoms with E-state index in [2.05, 4.69) is 33.7 Å². The Hall–Kier alpha value is 0.127. The van der Waals surface area contributed by atoms with Crippen molar-refractivity contribution in [2.45, 2.75) is 32.5 Å². The molecule has 0 saturated heterocycles. The zero-order valence-electron chi connectivity index (χ0n) is 10.5. The van der Waals surface area contributed by atoms with Crippen molar-refractivity contribution in [3.05, 3.63) is 0 Å². The van der Waals surface area contributed by atoms with Crippen molar-refractivity contribution in [1.29, 1.82) is 0 Å². The van der Waals surface area contributed by atoms with E-state index in [9.17, 15) is 4.79 Å². The van der Waals surface area contributed by atoms with E-state index in [-0.39, 0.29) is 17.0 Å². The minimum atomic E-state index is -1.05. The molecule has 0 spiro atoms. The number of hydrogen-bond acceptors (Lipinski definition) is 1. The van der Waals surface area contributed by atoms with Gasteiger partial charge in [0.1, 0.15) is 8.07 Å². The van der Waals surface area contributed by atoms with Gasteiger partial charge in [-0.05, 0) is 0 Å². The molecule has 0 unspecified atom stereocenters. The molecule has 0 aliphatic heterocycles. The van der Waals surface area contributed by atoms with Gasteiger partial charge in [0.2, 0.25) is 0 Å². The van der Waals surface area contributed by atoms with E-state index in [0.717, 1.165) is 17.4 Å². The lowest BCUT2D eigenvalue weighted by Crippen LogP contribution is -3.00. The third-order valence-electron chi connectivity index (χ3n) is 2.06. The molecule has 0 aliphatic carbocycles. The summed E-state index contributed by atoms with van der Waals surface area (Å²) in [5.74, 6) is -0.682. The van der Waals surface area contributed by atoms with Gasteiger partial charge in [-0.25, -0.2) is 0 Å². The zero-order chi connectivity index (χ0) is 11.4. The van der Waals surface area contributed by atoms with Crippen LogP contribution in [-0.2, 0) is 4.79 Å². The SMILES string of the molecule is C[N+](C)(CCCC(=O)O)C[Si](C)(C)C.[Br-]. The van der Waals surface area contributed by atoms with Crippen LogP contribution in [0.5, 0.6) is 0 Å². The Kier molecular flexibility index (Phi) is 7.77. The molecular formula is C10H24BrNO2Si. The normalized spacial score (nSPS) is 12.1. The number of quaternary nitrogens is 1. The smallest absolute Gasteiger partial charge is 0.303 e. The maximum absolute atomic E-state index is 10.4. The molecule has 0 amide bonds. The molecule has 0 bridgehead atoms. The highest BCUT2D eigenvalue weighted by Gasteiger charge is 2.25. The molecule has 0 fully saturated rings. The summed E-state index contributed by atoms with van der Waals surface area (Å²) >= 11 is 0. The largest absolute Gasteiger partial charge is 1.00 e. The van der Waals surface area contributed by atoms with E-state index >= 15 is 0 Å². The maximum atomic E-state index is 10.4. The van der Waals surface area contributed by atoms with Crippen LogP contribution < -0.4 is 17.0 Å². The summed E-state index contributed by atoms with van der Waals surface area (Å²) in [6.07, 6.45) is 2.30. The molecule has 1 N–H and O–H groups in total. The molecule has 5 heteroatoms. The summed E-state index contributed by atoms with van der Waals surface area (Å²) in [5, 5.41) is 8.54. The first-order valence-corrected chi connectivity index (χ1v) is 8.87. The van der Waals surface area contributed by atoms with Crippen molar-refractivity contribution in [2.75, 3.05) is 26.8 Å². The Bertz CT molecular complexity index is 202. The van der Waals surface area contributed by atoms with Crippen LogP contribution in [0.3, 0.4) is 0 Å². The van der Waals surface area contributed by atoms with Gasteiger partial charge in [-0.3, -0.25) is 4.79 Å². The minimum absolute atomic E-state index is 0. The number of aliphatic carboxylic acids is 1.